The molecule has 126 valence electrons. The number of carboxylic acids is 1. The highest BCUT2D eigenvalue weighted by molar-refractivity contribution is 5.96. The average Bonchev–Trinajstić information content (AvgIpc) is 2.51. The lowest BCUT2D eigenvalue weighted by atomic mass is 10.1. The molecule has 1 aromatic heterocycles. The second-order valence-corrected chi connectivity index (χ2v) is 5.45. The van der Waals surface area contributed by atoms with Gasteiger partial charge < -0.3 is 15.7 Å². The monoisotopic (exact) mass is 328 g/mol. The summed E-state index contributed by atoms with van der Waals surface area (Å²) in [6.07, 6.45) is 0.324. The zero-order valence-electron chi connectivity index (χ0n) is 13.8. The van der Waals surface area contributed by atoms with Gasteiger partial charge in [0.1, 0.15) is 6.04 Å². The SMILES string of the molecule is CCC(NC(=O)c1ccc(Nc2nc(C)cc(C)n2)cc1)C(=O)O. The van der Waals surface area contributed by atoms with Crippen LogP contribution in [0.4, 0.5) is 11.6 Å². The molecule has 1 aromatic carbocycles. The maximum Gasteiger partial charge on any atom is 0.326 e. The third-order valence-corrected chi connectivity index (χ3v) is 3.40. The van der Waals surface area contributed by atoms with E-state index in [0.717, 1.165) is 17.1 Å². The molecule has 3 N–H and O–H groups in total. The van der Waals surface area contributed by atoms with E-state index in [1.54, 1.807) is 31.2 Å². The Balaban J connectivity index is 2.07. The number of benzene rings is 1. The van der Waals surface area contributed by atoms with Gasteiger partial charge in [0, 0.05) is 22.6 Å². The van der Waals surface area contributed by atoms with E-state index in [4.69, 9.17) is 5.11 Å². The van der Waals surface area contributed by atoms with E-state index in [2.05, 4.69) is 20.6 Å². The maximum absolute atomic E-state index is 12.1. The Morgan fingerprint density at radius 1 is 1.12 bits per heavy atom. The third-order valence-electron chi connectivity index (χ3n) is 3.40. The van der Waals surface area contributed by atoms with Crippen molar-refractivity contribution in [2.75, 3.05) is 5.32 Å². The highest BCUT2D eigenvalue weighted by Crippen LogP contribution is 2.15. The van der Waals surface area contributed by atoms with E-state index in [0.29, 0.717) is 17.9 Å². The van der Waals surface area contributed by atoms with Crippen molar-refractivity contribution in [2.24, 2.45) is 0 Å². The number of nitrogens with one attached hydrogen (secondary N) is 2. The average molecular weight is 328 g/mol. The number of anilines is 2. The van der Waals surface area contributed by atoms with Gasteiger partial charge in [-0.3, -0.25) is 4.79 Å². The van der Waals surface area contributed by atoms with Crippen LogP contribution in [-0.2, 0) is 4.79 Å². The first-order valence-electron chi connectivity index (χ1n) is 7.62. The highest BCUT2D eigenvalue weighted by atomic mass is 16.4. The van der Waals surface area contributed by atoms with Crippen LogP contribution >= 0.6 is 0 Å². The molecular weight excluding hydrogens is 308 g/mol. The molecule has 0 aliphatic heterocycles. The summed E-state index contributed by atoms with van der Waals surface area (Å²) in [5.74, 6) is -0.976. The minimum Gasteiger partial charge on any atom is -0.480 e. The Labute approximate surface area is 140 Å². The molecule has 0 aliphatic rings. The summed E-state index contributed by atoms with van der Waals surface area (Å²) in [5.41, 5.74) is 2.85. The van der Waals surface area contributed by atoms with Gasteiger partial charge in [0.05, 0.1) is 0 Å². The van der Waals surface area contributed by atoms with Crippen molar-refractivity contribution >= 4 is 23.5 Å². The van der Waals surface area contributed by atoms with Crippen LogP contribution in [0.3, 0.4) is 0 Å². The van der Waals surface area contributed by atoms with Gasteiger partial charge in [-0.1, -0.05) is 6.92 Å². The van der Waals surface area contributed by atoms with Crippen LogP contribution in [0.1, 0.15) is 35.1 Å². The Morgan fingerprint density at radius 2 is 1.71 bits per heavy atom. The molecule has 24 heavy (non-hydrogen) atoms. The Morgan fingerprint density at radius 3 is 2.21 bits per heavy atom. The standard InChI is InChI=1S/C17H20N4O3/c1-4-14(16(23)24)21-15(22)12-5-7-13(8-6-12)20-17-18-10(2)9-11(3)19-17/h5-9,14H,4H2,1-3H3,(H,21,22)(H,23,24)(H,18,19,20). The molecule has 1 unspecified atom stereocenters. The van der Waals surface area contributed by atoms with Gasteiger partial charge in [0.2, 0.25) is 5.95 Å². The van der Waals surface area contributed by atoms with Gasteiger partial charge in [-0.15, -0.1) is 0 Å². The molecule has 1 heterocycles. The van der Waals surface area contributed by atoms with Crippen LogP contribution in [0.25, 0.3) is 0 Å². The minimum absolute atomic E-state index is 0.324. The fourth-order valence-corrected chi connectivity index (χ4v) is 2.20. The van der Waals surface area contributed by atoms with Crippen molar-refractivity contribution in [3.05, 3.63) is 47.3 Å². The second-order valence-electron chi connectivity index (χ2n) is 5.45. The number of nitrogens with zero attached hydrogens (tertiary/aromatic N) is 2. The molecule has 7 nitrogen and oxygen atoms in total. The summed E-state index contributed by atoms with van der Waals surface area (Å²) < 4.78 is 0. The van der Waals surface area contributed by atoms with Gasteiger partial charge >= 0.3 is 5.97 Å². The first kappa shape index (κ1) is 17.4. The van der Waals surface area contributed by atoms with Crippen molar-refractivity contribution in [2.45, 2.75) is 33.2 Å². The molecule has 0 saturated carbocycles. The van der Waals surface area contributed by atoms with Crippen LogP contribution < -0.4 is 10.6 Å². The van der Waals surface area contributed by atoms with Gasteiger partial charge in [-0.05, 0) is 50.6 Å². The molecule has 0 spiro atoms. The first-order valence-corrected chi connectivity index (χ1v) is 7.62. The number of rotatable bonds is 6. The number of carbonyl (C=O) groups is 2. The van der Waals surface area contributed by atoms with Crippen molar-refractivity contribution in [3.8, 4) is 0 Å². The maximum atomic E-state index is 12.1. The lowest BCUT2D eigenvalue weighted by Crippen LogP contribution is -2.40. The molecule has 0 bridgehead atoms. The molecule has 0 radical (unpaired) electrons. The lowest BCUT2D eigenvalue weighted by molar-refractivity contribution is -0.139. The molecular formula is C17H20N4O3. The van der Waals surface area contributed by atoms with Crippen LogP contribution in [0, 0.1) is 13.8 Å². The lowest BCUT2D eigenvalue weighted by Gasteiger charge is -2.12. The van der Waals surface area contributed by atoms with Crippen LogP contribution in [-0.4, -0.2) is 33.0 Å². The summed E-state index contributed by atoms with van der Waals surface area (Å²) in [4.78, 5) is 31.6. The van der Waals surface area contributed by atoms with Gasteiger partial charge in [0.15, 0.2) is 0 Å². The zero-order valence-corrected chi connectivity index (χ0v) is 13.8. The van der Waals surface area contributed by atoms with Gasteiger partial charge in [-0.25, -0.2) is 14.8 Å². The summed E-state index contributed by atoms with van der Waals surface area (Å²) in [5, 5.41) is 14.5. The number of amides is 1. The second kappa shape index (κ2) is 7.54. The number of carbonyl (C=O) groups excluding carboxylic acids is 1. The fourth-order valence-electron chi connectivity index (χ4n) is 2.20. The molecule has 0 fully saturated rings. The predicted octanol–water partition coefficient (Wildman–Crippen LogP) is 2.43. The van der Waals surface area contributed by atoms with Crippen molar-refractivity contribution in [1.82, 2.24) is 15.3 Å². The summed E-state index contributed by atoms with van der Waals surface area (Å²) in [6.45, 7) is 5.48. The Hall–Kier alpha value is -2.96. The largest absolute Gasteiger partial charge is 0.480 e. The van der Waals surface area contributed by atoms with Crippen molar-refractivity contribution in [3.63, 3.8) is 0 Å². The van der Waals surface area contributed by atoms with E-state index >= 15 is 0 Å². The fraction of sp³-hybridized carbons (Fsp3) is 0.294. The zero-order chi connectivity index (χ0) is 17.7. The van der Waals surface area contributed by atoms with Crippen LogP contribution in [0.5, 0.6) is 0 Å². The number of aromatic nitrogens is 2. The van der Waals surface area contributed by atoms with Crippen LogP contribution in [0.2, 0.25) is 0 Å². The summed E-state index contributed by atoms with van der Waals surface area (Å²) in [7, 11) is 0. The number of aryl methyl sites for hydroxylation is 2. The van der Waals surface area contributed by atoms with E-state index in [-0.39, 0.29) is 0 Å². The van der Waals surface area contributed by atoms with E-state index in [9.17, 15) is 9.59 Å². The smallest absolute Gasteiger partial charge is 0.326 e. The summed E-state index contributed by atoms with van der Waals surface area (Å²) >= 11 is 0. The number of hydrogen-bond donors (Lipinski definition) is 3. The molecule has 0 aliphatic carbocycles. The number of carboxylic acid groups (broad SMARTS) is 1. The minimum atomic E-state index is -1.05. The molecule has 2 aromatic rings. The molecule has 2 rings (SSSR count). The molecule has 1 atom stereocenters. The first-order chi connectivity index (χ1) is 11.4. The van der Waals surface area contributed by atoms with E-state index in [1.807, 2.05) is 19.9 Å². The summed E-state index contributed by atoms with van der Waals surface area (Å²) in [6, 6.07) is 7.67. The topological polar surface area (TPSA) is 104 Å². The molecule has 7 heteroatoms. The Kier molecular flexibility index (Phi) is 5.47. The van der Waals surface area contributed by atoms with Crippen LogP contribution in [0.15, 0.2) is 30.3 Å². The number of aliphatic carboxylic acids is 1. The molecule has 0 saturated heterocycles. The van der Waals surface area contributed by atoms with E-state index in [1.165, 1.54) is 0 Å². The number of hydrogen-bond acceptors (Lipinski definition) is 5. The van der Waals surface area contributed by atoms with Gasteiger partial charge in [0.25, 0.3) is 5.91 Å². The predicted molar refractivity (Wildman–Crippen MR) is 90.4 cm³/mol. The highest BCUT2D eigenvalue weighted by Gasteiger charge is 2.18. The third kappa shape index (κ3) is 4.52. The normalized spacial score (nSPS) is 11.6. The Bertz CT molecular complexity index is 724. The van der Waals surface area contributed by atoms with Crippen molar-refractivity contribution in [1.29, 1.82) is 0 Å². The van der Waals surface area contributed by atoms with Gasteiger partial charge in [-0.2, -0.15) is 0 Å². The van der Waals surface area contributed by atoms with Crippen molar-refractivity contribution < 1.29 is 14.7 Å². The quantitative estimate of drug-likeness (QED) is 0.752. The molecule has 1 amide bonds. The van der Waals surface area contributed by atoms with E-state index < -0.39 is 17.9 Å².